The van der Waals surface area contributed by atoms with E-state index >= 15 is 0 Å². The molecule has 1 heterocycles. The zero-order valence-corrected chi connectivity index (χ0v) is 11.7. The van der Waals surface area contributed by atoms with Crippen molar-refractivity contribution in [3.63, 3.8) is 0 Å². The number of carbonyl (C=O) groups is 1. The molecule has 1 fully saturated rings. The standard InChI is InChI=1S/C15H21NO4/c1-20-14-7-6-11(9-13(14)18)15(19)16-8-4-2-3-5-12(16)10-17/h6-7,9,12,17-18H,2-5,8,10H2,1H3. The van der Waals surface area contributed by atoms with Crippen LogP contribution in [0, 0.1) is 0 Å². The number of hydrogen-bond acceptors (Lipinski definition) is 4. The fourth-order valence-electron chi connectivity index (χ4n) is 2.62. The number of aromatic hydroxyl groups is 1. The van der Waals surface area contributed by atoms with E-state index in [4.69, 9.17) is 4.74 Å². The molecule has 2 N–H and O–H groups in total. The van der Waals surface area contributed by atoms with E-state index in [0.717, 1.165) is 25.7 Å². The maximum absolute atomic E-state index is 12.5. The van der Waals surface area contributed by atoms with Crippen molar-refractivity contribution in [2.75, 3.05) is 20.3 Å². The molecule has 1 aliphatic heterocycles. The average molecular weight is 279 g/mol. The zero-order valence-electron chi connectivity index (χ0n) is 11.7. The van der Waals surface area contributed by atoms with Crippen LogP contribution in [0.25, 0.3) is 0 Å². The lowest BCUT2D eigenvalue weighted by molar-refractivity contribution is 0.0599. The van der Waals surface area contributed by atoms with Crippen LogP contribution in [0.1, 0.15) is 36.0 Å². The summed E-state index contributed by atoms with van der Waals surface area (Å²) in [5, 5.41) is 19.2. The van der Waals surface area contributed by atoms with Crippen LogP contribution in [-0.2, 0) is 0 Å². The first kappa shape index (κ1) is 14.7. The number of rotatable bonds is 3. The second-order valence-corrected chi connectivity index (χ2v) is 5.07. The number of hydrogen-bond donors (Lipinski definition) is 2. The number of likely N-dealkylation sites (tertiary alicyclic amines) is 1. The maximum Gasteiger partial charge on any atom is 0.254 e. The van der Waals surface area contributed by atoms with Gasteiger partial charge in [-0.2, -0.15) is 0 Å². The number of ether oxygens (including phenoxy) is 1. The summed E-state index contributed by atoms with van der Waals surface area (Å²) < 4.78 is 4.97. The van der Waals surface area contributed by atoms with E-state index in [-0.39, 0.29) is 24.3 Å². The quantitative estimate of drug-likeness (QED) is 0.885. The Morgan fingerprint density at radius 3 is 2.85 bits per heavy atom. The number of aliphatic hydroxyl groups is 1. The van der Waals surface area contributed by atoms with Gasteiger partial charge >= 0.3 is 0 Å². The number of nitrogens with zero attached hydrogens (tertiary/aromatic N) is 1. The fraction of sp³-hybridized carbons (Fsp3) is 0.533. The highest BCUT2D eigenvalue weighted by atomic mass is 16.5. The van der Waals surface area contributed by atoms with Crippen molar-refractivity contribution in [1.29, 1.82) is 0 Å². The molecule has 1 saturated heterocycles. The van der Waals surface area contributed by atoms with Crippen LogP contribution >= 0.6 is 0 Å². The van der Waals surface area contributed by atoms with Crippen LogP contribution in [0.3, 0.4) is 0 Å². The van der Waals surface area contributed by atoms with Gasteiger partial charge < -0.3 is 19.8 Å². The fourth-order valence-corrected chi connectivity index (χ4v) is 2.62. The van der Waals surface area contributed by atoms with E-state index in [9.17, 15) is 15.0 Å². The summed E-state index contributed by atoms with van der Waals surface area (Å²) >= 11 is 0. The van der Waals surface area contributed by atoms with Crippen LogP contribution in [0.15, 0.2) is 18.2 Å². The Kier molecular flexibility index (Phi) is 4.84. The number of aliphatic hydroxyl groups excluding tert-OH is 1. The number of methoxy groups -OCH3 is 1. The van der Waals surface area contributed by atoms with Gasteiger partial charge in [0, 0.05) is 12.1 Å². The van der Waals surface area contributed by atoms with Crippen molar-refractivity contribution in [2.24, 2.45) is 0 Å². The van der Waals surface area contributed by atoms with E-state index in [1.807, 2.05) is 0 Å². The molecule has 2 rings (SSSR count). The Hall–Kier alpha value is -1.75. The average Bonchev–Trinajstić information content (AvgIpc) is 2.71. The molecule has 1 unspecified atom stereocenters. The molecule has 1 aromatic rings. The molecule has 1 amide bonds. The first-order chi connectivity index (χ1) is 9.67. The van der Waals surface area contributed by atoms with Crippen LogP contribution in [0.4, 0.5) is 0 Å². The van der Waals surface area contributed by atoms with Crippen LogP contribution in [0.5, 0.6) is 11.5 Å². The molecule has 0 bridgehead atoms. The van der Waals surface area contributed by atoms with Crippen LogP contribution in [-0.4, -0.2) is 47.3 Å². The molecule has 110 valence electrons. The van der Waals surface area contributed by atoms with Crippen molar-refractivity contribution >= 4 is 5.91 Å². The highest BCUT2D eigenvalue weighted by molar-refractivity contribution is 5.95. The Balaban J connectivity index is 2.22. The van der Waals surface area contributed by atoms with Gasteiger partial charge in [-0.3, -0.25) is 4.79 Å². The summed E-state index contributed by atoms with van der Waals surface area (Å²) in [6.45, 7) is 0.630. The molecule has 20 heavy (non-hydrogen) atoms. The lowest BCUT2D eigenvalue weighted by Gasteiger charge is -2.28. The molecule has 0 aromatic heterocycles. The van der Waals surface area contributed by atoms with Crippen LogP contribution in [0.2, 0.25) is 0 Å². The number of carbonyl (C=O) groups excluding carboxylic acids is 1. The molecule has 1 atom stereocenters. The molecule has 0 spiro atoms. The summed E-state index contributed by atoms with van der Waals surface area (Å²) in [5.74, 6) is 0.147. The second-order valence-electron chi connectivity index (χ2n) is 5.07. The van der Waals surface area contributed by atoms with Crippen molar-refractivity contribution in [1.82, 2.24) is 4.90 Å². The molecular formula is C15H21NO4. The Morgan fingerprint density at radius 1 is 1.40 bits per heavy atom. The maximum atomic E-state index is 12.5. The first-order valence-electron chi connectivity index (χ1n) is 6.96. The molecular weight excluding hydrogens is 258 g/mol. The van der Waals surface area contributed by atoms with E-state index in [2.05, 4.69) is 0 Å². The molecule has 1 aliphatic rings. The normalized spacial score (nSPS) is 19.5. The predicted molar refractivity (Wildman–Crippen MR) is 75.0 cm³/mol. The predicted octanol–water partition coefficient (Wildman–Crippen LogP) is 1.78. The highest BCUT2D eigenvalue weighted by Gasteiger charge is 2.26. The van der Waals surface area contributed by atoms with Crippen molar-refractivity contribution in [3.05, 3.63) is 23.8 Å². The monoisotopic (exact) mass is 279 g/mol. The summed E-state index contributed by atoms with van der Waals surface area (Å²) in [5.41, 5.74) is 0.420. The third kappa shape index (κ3) is 3.04. The first-order valence-corrected chi connectivity index (χ1v) is 6.96. The van der Waals surface area contributed by atoms with Gasteiger partial charge in [0.15, 0.2) is 11.5 Å². The lowest BCUT2D eigenvalue weighted by atomic mass is 10.1. The third-order valence-corrected chi connectivity index (χ3v) is 3.77. The van der Waals surface area contributed by atoms with Gasteiger partial charge in [0.05, 0.1) is 19.8 Å². The number of phenolic OH excluding ortho intramolecular Hbond substituents is 1. The minimum absolute atomic E-state index is 0.0200. The third-order valence-electron chi connectivity index (χ3n) is 3.77. The van der Waals surface area contributed by atoms with Gasteiger partial charge in [-0.15, -0.1) is 0 Å². The SMILES string of the molecule is COc1ccc(C(=O)N2CCCCCC2CO)cc1O. The summed E-state index contributed by atoms with van der Waals surface area (Å²) in [4.78, 5) is 14.3. The van der Waals surface area contributed by atoms with Gasteiger partial charge in [0.1, 0.15) is 0 Å². The van der Waals surface area contributed by atoms with E-state index in [1.165, 1.54) is 13.2 Å². The minimum Gasteiger partial charge on any atom is -0.504 e. The lowest BCUT2D eigenvalue weighted by Crippen LogP contribution is -2.42. The van der Waals surface area contributed by atoms with E-state index < -0.39 is 0 Å². The molecule has 0 aliphatic carbocycles. The van der Waals surface area contributed by atoms with E-state index in [1.54, 1.807) is 17.0 Å². The Morgan fingerprint density at radius 2 is 2.20 bits per heavy atom. The van der Waals surface area contributed by atoms with E-state index in [0.29, 0.717) is 17.9 Å². The second kappa shape index (κ2) is 6.61. The van der Waals surface area contributed by atoms with Gasteiger partial charge in [-0.1, -0.05) is 12.8 Å². The Bertz CT molecular complexity index is 475. The zero-order chi connectivity index (χ0) is 14.5. The number of phenols is 1. The van der Waals surface area contributed by atoms with Gasteiger partial charge in [0.2, 0.25) is 0 Å². The van der Waals surface area contributed by atoms with Gasteiger partial charge in [-0.25, -0.2) is 0 Å². The topological polar surface area (TPSA) is 70.0 Å². The largest absolute Gasteiger partial charge is 0.504 e. The highest BCUT2D eigenvalue weighted by Crippen LogP contribution is 2.28. The van der Waals surface area contributed by atoms with Crippen molar-refractivity contribution in [3.8, 4) is 11.5 Å². The summed E-state index contributed by atoms with van der Waals surface area (Å²) in [6, 6.07) is 4.50. The molecule has 1 aromatic carbocycles. The van der Waals surface area contributed by atoms with Crippen molar-refractivity contribution in [2.45, 2.75) is 31.7 Å². The molecule has 5 heteroatoms. The summed E-state index contributed by atoms with van der Waals surface area (Å²) in [6.07, 6.45) is 3.88. The molecule has 0 radical (unpaired) electrons. The minimum atomic E-state index is -0.149. The number of benzene rings is 1. The summed E-state index contributed by atoms with van der Waals surface area (Å²) in [7, 11) is 1.47. The molecule has 5 nitrogen and oxygen atoms in total. The smallest absolute Gasteiger partial charge is 0.254 e. The van der Waals surface area contributed by atoms with Gasteiger partial charge in [-0.05, 0) is 31.0 Å². The van der Waals surface area contributed by atoms with Gasteiger partial charge in [0.25, 0.3) is 5.91 Å². The molecule has 0 saturated carbocycles. The Labute approximate surface area is 118 Å². The number of amides is 1. The van der Waals surface area contributed by atoms with Crippen LogP contribution < -0.4 is 4.74 Å². The van der Waals surface area contributed by atoms with Crippen molar-refractivity contribution < 1.29 is 19.7 Å².